The summed E-state index contributed by atoms with van der Waals surface area (Å²) in [6, 6.07) is 7.95. The van der Waals surface area contributed by atoms with Gasteiger partial charge in [-0.3, -0.25) is 0 Å². The Labute approximate surface area is 116 Å². The summed E-state index contributed by atoms with van der Waals surface area (Å²) in [5.41, 5.74) is 1.22. The number of hydrogen-bond acceptors (Lipinski definition) is 3. The number of aryl methyl sites for hydroxylation is 1. The number of aliphatic hydroxyl groups is 1. The van der Waals surface area contributed by atoms with Gasteiger partial charge in [0.2, 0.25) is 0 Å². The summed E-state index contributed by atoms with van der Waals surface area (Å²) in [6.07, 6.45) is 4.76. The van der Waals surface area contributed by atoms with Crippen LogP contribution >= 0.6 is 0 Å². The molecule has 1 N–H and O–H groups in total. The van der Waals surface area contributed by atoms with Crippen molar-refractivity contribution in [1.82, 2.24) is 4.90 Å². The third-order valence-electron chi connectivity index (χ3n) is 3.63. The number of ether oxygens (including phenoxy) is 1. The van der Waals surface area contributed by atoms with E-state index in [2.05, 4.69) is 11.8 Å². The number of likely N-dealkylation sites (tertiary alicyclic amines) is 1. The maximum absolute atomic E-state index is 10.0. The Morgan fingerprint density at radius 3 is 2.37 bits per heavy atom. The molecule has 1 aliphatic heterocycles. The molecule has 1 heterocycles. The van der Waals surface area contributed by atoms with E-state index in [0.717, 1.165) is 25.4 Å². The summed E-state index contributed by atoms with van der Waals surface area (Å²) in [6.45, 7) is 5.38. The lowest BCUT2D eigenvalue weighted by Crippen LogP contribution is -2.36. The maximum Gasteiger partial charge on any atom is 0.119 e. The average molecular weight is 263 g/mol. The van der Waals surface area contributed by atoms with Gasteiger partial charge in [-0.05, 0) is 45.0 Å². The van der Waals surface area contributed by atoms with E-state index in [9.17, 15) is 5.11 Å². The third-order valence-corrected chi connectivity index (χ3v) is 3.63. The van der Waals surface area contributed by atoms with E-state index in [1.807, 2.05) is 24.3 Å². The Morgan fingerprint density at radius 2 is 1.74 bits per heavy atom. The average Bonchev–Trinajstić information content (AvgIpc) is 2.67. The van der Waals surface area contributed by atoms with Crippen LogP contribution in [0.2, 0.25) is 0 Å². The van der Waals surface area contributed by atoms with Gasteiger partial charge in [-0.2, -0.15) is 0 Å². The standard InChI is InChI=1S/C16H25NO2/c1-14-6-8-16(9-7-14)19-13-15(18)12-17-10-4-2-3-5-11-17/h6-9,15,18H,2-5,10-13H2,1H3/t15-/m0/s1. The Kier molecular flexibility index (Phi) is 5.67. The fraction of sp³-hybridized carbons (Fsp3) is 0.625. The minimum atomic E-state index is -0.403. The van der Waals surface area contributed by atoms with E-state index >= 15 is 0 Å². The predicted molar refractivity (Wildman–Crippen MR) is 77.6 cm³/mol. The highest BCUT2D eigenvalue weighted by Crippen LogP contribution is 2.13. The fourth-order valence-electron chi connectivity index (χ4n) is 2.50. The van der Waals surface area contributed by atoms with Crippen molar-refractivity contribution in [2.24, 2.45) is 0 Å². The van der Waals surface area contributed by atoms with Gasteiger partial charge in [0.15, 0.2) is 0 Å². The maximum atomic E-state index is 10.0. The molecule has 1 aromatic rings. The number of β-amino-alcohol motifs (C(OH)–C–C–N with tert-alkyl or cyclic N) is 1. The van der Waals surface area contributed by atoms with Gasteiger partial charge in [0.25, 0.3) is 0 Å². The van der Waals surface area contributed by atoms with E-state index in [1.165, 1.54) is 31.2 Å². The zero-order chi connectivity index (χ0) is 13.5. The van der Waals surface area contributed by atoms with Gasteiger partial charge in [0, 0.05) is 6.54 Å². The van der Waals surface area contributed by atoms with Crippen LogP contribution in [0, 0.1) is 6.92 Å². The first-order valence-electron chi connectivity index (χ1n) is 7.34. The highest BCUT2D eigenvalue weighted by atomic mass is 16.5. The van der Waals surface area contributed by atoms with Gasteiger partial charge in [0.05, 0.1) is 0 Å². The predicted octanol–water partition coefficient (Wildman–Crippen LogP) is 2.61. The van der Waals surface area contributed by atoms with Crippen molar-refractivity contribution >= 4 is 0 Å². The lowest BCUT2D eigenvalue weighted by molar-refractivity contribution is 0.0693. The van der Waals surface area contributed by atoms with Gasteiger partial charge in [-0.25, -0.2) is 0 Å². The Morgan fingerprint density at radius 1 is 1.11 bits per heavy atom. The van der Waals surface area contributed by atoms with Crippen molar-refractivity contribution in [3.63, 3.8) is 0 Å². The summed E-state index contributed by atoms with van der Waals surface area (Å²) in [5.74, 6) is 0.834. The lowest BCUT2D eigenvalue weighted by atomic mass is 10.2. The van der Waals surface area contributed by atoms with E-state index < -0.39 is 6.10 Å². The van der Waals surface area contributed by atoms with Gasteiger partial charge in [-0.1, -0.05) is 30.5 Å². The largest absolute Gasteiger partial charge is 0.491 e. The van der Waals surface area contributed by atoms with Crippen molar-refractivity contribution in [3.05, 3.63) is 29.8 Å². The van der Waals surface area contributed by atoms with Crippen LogP contribution in [0.15, 0.2) is 24.3 Å². The number of benzene rings is 1. The SMILES string of the molecule is Cc1ccc(OC[C@@H](O)CN2CCCCCC2)cc1. The topological polar surface area (TPSA) is 32.7 Å². The van der Waals surface area contributed by atoms with Crippen LogP contribution in [0.1, 0.15) is 31.2 Å². The molecule has 0 aromatic heterocycles. The first-order valence-corrected chi connectivity index (χ1v) is 7.34. The van der Waals surface area contributed by atoms with E-state index in [1.54, 1.807) is 0 Å². The van der Waals surface area contributed by atoms with Crippen LogP contribution in [0.3, 0.4) is 0 Å². The summed E-state index contributed by atoms with van der Waals surface area (Å²) in [5, 5.41) is 10.0. The van der Waals surface area contributed by atoms with Crippen molar-refractivity contribution in [2.75, 3.05) is 26.2 Å². The number of hydrogen-bond donors (Lipinski definition) is 1. The normalized spacial score (nSPS) is 18.8. The van der Waals surface area contributed by atoms with Crippen LogP contribution in [0.4, 0.5) is 0 Å². The molecule has 0 radical (unpaired) electrons. The van der Waals surface area contributed by atoms with Crippen LogP contribution < -0.4 is 4.74 Å². The monoisotopic (exact) mass is 263 g/mol. The lowest BCUT2D eigenvalue weighted by Gasteiger charge is -2.23. The van der Waals surface area contributed by atoms with Crippen molar-refractivity contribution in [1.29, 1.82) is 0 Å². The van der Waals surface area contributed by atoms with Crippen LogP contribution in [-0.4, -0.2) is 42.4 Å². The molecule has 1 atom stereocenters. The molecule has 0 unspecified atom stereocenters. The molecule has 3 heteroatoms. The molecule has 0 aliphatic carbocycles. The highest BCUT2D eigenvalue weighted by molar-refractivity contribution is 5.26. The quantitative estimate of drug-likeness (QED) is 0.886. The van der Waals surface area contributed by atoms with Crippen molar-refractivity contribution < 1.29 is 9.84 Å². The molecule has 0 amide bonds. The van der Waals surface area contributed by atoms with Crippen molar-refractivity contribution in [3.8, 4) is 5.75 Å². The first-order chi connectivity index (χ1) is 9.24. The molecule has 1 fully saturated rings. The Bertz CT molecular complexity index is 356. The summed E-state index contributed by atoms with van der Waals surface area (Å²) in [4.78, 5) is 2.36. The smallest absolute Gasteiger partial charge is 0.119 e. The molecule has 19 heavy (non-hydrogen) atoms. The molecule has 106 valence electrons. The van der Waals surface area contributed by atoms with Crippen LogP contribution in [0.25, 0.3) is 0 Å². The summed E-state index contributed by atoms with van der Waals surface area (Å²) >= 11 is 0. The molecule has 1 aliphatic rings. The van der Waals surface area contributed by atoms with E-state index in [0.29, 0.717) is 6.61 Å². The van der Waals surface area contributed by atoms with E-state index in [-0.39, 0.29) is 0 Å². The van der Waals surface area contributed by atoms with Gasteiger partial charge < -0.3 is 14.7 Å². The van der Waals surface area contributed by atoms with Crippen LogP contribution in [-0.2, 0) is 0 Å². The Hall–Kier alpha value is -1.06. The molecule has 0 bridgehead atoms. The highest BCUT2D eigenvalue weighted by Gasteiger charge is 2.14. The second-order valence-corrected chi connectivity index (χ2v) is 5.49. The number of nitrogens with zero attached hydrogens (tertiary/aromatic N) is 1. The number of rotatable bonds is 5. The molecular formula is C16H25NO2. The Balaban J connectivity index is 1.71. The summed E-state index contributed by atoms with van der Waals surface area (Å²) < 4.78 is 5.62. The van der Waals surface area contributed by atoms with Gasteiger partial charge >= 0.3 is 0 Å². The second-order valence-electron chi connectivity index (χ2n) is 5.49. The van der Waals surface area contributed by atoms with E-state index in [4.69, 9.17) is 4.74 Å². The molecule has 3 nitrogen and oxygen atoms in total. The molecule has 0 spiro atoms. The zero-order valence-electron chi connectivity index (χ0n) is 11.8. The second kappa shape index (κ2) is 7.51. The number of aliphatic hydroxyl groups excluding tert-OH is 1. The van der Waals surface area contributed by atoms with Crippen LogP contribution in [0.5, 0.6) is 5.75 Å². The third kappa shape index (κ3) is 5.21. The molecule has 0 saturated carbocycles. The van der Waals surface area contributed by atoms with Crippen molar-refractivity contribution in [2.45, 2.75) is 38.7 Å². The minimum absolute atomic E-state index is 0.375. The zero-order valence-corrected chi connectivity index (χ0v) is 11.8. The first kappa shape index (κ1) is 14.4. The minimum Gasteiger partial charge on any atom is -0.491 e. The molecular weight excluding hydrogens is 238 g/mol. The molecule has 1 aromatic carbocycles. The van der Waals surface area contributed by atoms with Gasteiger partial charge in [-0.15, -0.1) is 0 Å². The fourth-order valence-corrected chi connectivity index (χ4v) is 2.50. The molecule has 2 rings (SSSR count). The molecule has 1 saturated heterocycles. The summed E-state index contributed by atoms with van der Waals surface area (Å²) in [7, 11) is 0. The van der Waals surface area contributed by atoms with Gasteiger partial charge in [0.1, 0.15) is 18.5 Å².